The molecule has 0 bridgehead atoms. The second-order valence-corrected chi connectivity index (χ2v) is 8.12. The number of hydrogen-bond acceptors (Lipinski definition) is 4. The SMILES string of the molecule is COc1ccc(/C=C/C(=O)c2cc(C)nn2C)cc1COc1ccccc1Cc1ccccc1. The fourth-order valence-corrected chi connectivity index (χ4v) is 3.88. The fourth-order valence-electron chi connectivity index (χ4n) is 3.88. The van der Waals surface area contributed by atoms with Crippen LogP contribution in [0.2, 0.25) is 0 Å². The molecule has 0 atom stereocenters. The number of benzene rings is 3. The average Bonchev–Trinajstić information content (AvgIpc) is 3.20. The quantitative estimate of drug-likeness (QED) is 0.238. The maximum Gasteiger partial charge on any atom is 0.203 e. The van der Waals surface area contributed by atoms with E-state index in [0.717, 1.165) is 40.3 Å². The van der Waals surface area contributed by atoms with Gasteiger partial charge in [-0.15, -0.1) is 0 Å². The number of carbonyl (C=O) groups excluding carboxylic acids is 1. The Kier molecular flexibility index (Phi) is 7.23. The molecule has 0 saturated carbocycles. The standard InChI is InChI=1S/C29H28N2O3/c1-21-17-26(31(2)30-21)27(32)15-13-23-14-16-28(33-3)25(19-23)20-34-29-12-8-7-11-24(29)18-22-9-5-4-6-10-22/h4-17,19H,18,20H2,1-3H3/b15-13+. The molecular weight excluding hydrogens is 424 g/mol. The zero-order chi connectivity index (χ0) is 23.9. The fraction of sp³-hybridized carbons (Fsp3) is 0.172. The van der Waals surface area contributed by atoms with E-state index in [1.807, 2.05) is 61.5 Å². The van der Waals surface area contributed by atoms with Crippen molar-refractivity contribution >= 4 is 11.9 Å². The van der Waals surface area contributed by atoms with Gasteiger partial charge in [0.05, 0.1) is 12.8 Å². The topological polar surface area (TPSA) is 53.3 Å². The summed E-state index contributed by atoms with van der Waals surface area (Å²) in [4.78, 5) is 12.6. The second-order valence-electron chi connectivity index (χ2n) is 8.12. The Labute approximate surface area is 200 Å². The van der Waals surface area contributed by atoms with Gasteiger partial charge in [0.15, 0.2) is 0 Å². The molecular formula is C29H28N2O3. The van der Waals surface area contributed by atoms with Crippen molar-refractivity contribution in [3.8, 4) is 11.5 Å². The normalized spacial score (nSPS) is 11.0. The van der Waals surface area contributed by atoms with Crippen molar-refractivity contribution in [1.82, 2.24) is 9.78 Å². The average molecular weight is 453 g/mol. The van der Waals surface area contributed by atoms with Crippen LogP contribution in [0.25, 0.3) is 6.08 Å². The highest BCUT2D eigenvalue weighted by Gasteiger charge is 2.10. The number of para-hydroxylation sites is 1. The maximum absolute atomic E-state index is 12.6. The molecule has 0 fully saturated rings. The van der Waals surface area contributed by atoms with E-state index in [2.05, 4.69) is 23.3 Å². The maximum atomic E-state index is 12.6. The molecule has 0 spiro atoms. The van der Waals surface area contributed by atoms with E-state index in [-0.39, 0.29) is 5.78 Å². The molecule has 1 heterocycles. The van der Waals surface area contributed by atoms with Crippen LogP contribution >= 0.6 is 0 Å². The molecule has 0 unspecified atom stereocenters. The third-order valence-electron chi connectivity index (χ3n) is 5.58. The molecule has 0 aliphatic rings. The van der Waals surface area contributed by atoms with Crippen molar-refractivity contribution in [2.24, 2.45) is 7.05 Å². The van der Waals surface area contributed by atoms with Gasteiger partial charge in [0.25, 0.3) is 0 Å². The summed E-state index contributed by atoms with van der Waals surface area (Å²) in [5, 5.41) is 4.24. The first-order valence-electron chi connectivity index (χ1n) is 11.2. The number of nitrogens with zero attached hydrogens (tertiary/aromatic N) is 2. The Morgan fingerprint density at radius 2 is 1.71 bits per heavy atom. The zero-order valence-electron chi connectivity index (χ0n) is 19.7. The van der Waals surface area contributed by atoms with Crippen molar-refractivity contribution in [2.75, 3.05) is 7.11 Å². The summed E-state index contributed by atoms with van der Waals surface area (Å²) >= 11 is 0. The van der Waals surface area contributed by atoms with Crippen LogP contribution in [0.5, 0.6) is 11.5 Å². The van der Waals surface area contributed by atoms with Crippen LogP contribution in [0.3, 0.4) is 0 Å². The lowest BCUT2D eigenvalue weighted by Crippen LogP contribution is -2.04. The van der Waals surface area contributed by atoms with Crippen LogP contribution in [-0.4, -0.2) is 22.7 Å². The minimum absolute atomic E-state index is 0.0912. The Hall–Kier alpha value is -4.12. The molecule has 0 radical (unpaired) electrons. The first-order valence-corrected chi connectivity index (χ1v) is 11.2. The summed E-state index contributed by atoms with van der Waals surface area (Å²) in [5.74, 6) is 1.49. The van der Waals surface area contributed by atoms with Gasteiger partial charge in [-0.25, -0.2) is 0 Å². The van der Waals surface area contributed by atoms with E-state index in [1.165, 1.54) is 5.56 Å². The van der Waals surface area contributed by atoms with Crippen molar-refractivity contribution < 1.29 is 14.3 Å². The van der Waals surface area contributed by atoms with Crippen LogP contribution in [0, 0.1) is 6.92 Å². The lowest BCUT2D eigenvalue weighted by atomic mass is 10.0. The number of rotatable bonds is 9. The molecule has 0 aliphatic heterocycles. The number of carbonyl (C=O) groups is 1. The molecule has 0 N–H and O–H groups in total. The Balaban J connectivity index is 1.50. The summed E-state index contributed by atoms with van der Waals surface area (Å²) in [6.45, 7) is 2.22. The molecule has 3 aromatic carbocycles. The number of ether oxygens (including phenoxy) is 2. The molecule has 5 nitrogen and oxygen atoms in total. The van der Waals surface area contributed by atoms with E-state index >= 15 is 0 Å². The smallest absolute Gasteiger partial charge is 0.203 e. The van der Waals surface area contributed by atoms with E-state index < -0.39 is 0 Å². The van der Waals surface area contributed by atoms with Crippen LogP contribution in [0.1, 0.15) is 38.4 Å². The number of ketones is 1. The van der Waals surface area contributed by atoms with Crippen molar-refractivity contribution in [1.29, 1.82) is 0 Å². The molecule has 0 aliphatic carbocycles. The number of aryl methyl sites for hydroxylation is 2. The van der Waals surface area contributed by atoms with Gasteiger partial charge in [0.2, 0.25) is 5.78 Å². The van der Waals surface area contributed by atoms with E-state index in [1.54, 1.807) is 37.1 Å². The minimum Gasteiger partial charge on any atom is -0.496 e. The number of hydrogen-bond donors (Lipinski definition) is 0. The van der Waals surface area contributed by atoms with Crippen LogP contribution < -0.4 is 9.47 Å². The molecule has 0 saturated heterocycles. The van der Waals surface area contributed by atoms with Crippen LogP contribution in [0.4, 0.5) is 0 Å². The summed E-state index contributed by atoms with van der Waals surface area (Å²) in [6, 6.07) is 26.0. The molecule has 4 aromatic rings. The van der Waals surface area contributed by atoms with Crippen LogP contribution in [-0.2, 0) is 20.1 Å². The van der Waals surface area contributed by atoms with Gasteiger partial charge in [-0.05, 0) is 54.0 Å². The monoisotopic (exact) mass is 452 g/mol. The third kappa shape index (κ3) is 5.62. The van der Waals surface area contributed by atoms with Gasteiger partial charge in [0, 0.05) is 19.0 Å². The highest BCUT2D eigenvalue weighted by molar-refractivity contribution is 6.05. The number of allylic oxidation sites excluding steroid dienone is 1. The highest BCUT2D eigenvalue weighted by atomic mass is 16.5. The lowest BCUT2D eigenvalue weighted by Gasteiger charge is -2.14. The van der Waals surface area contributed by atoms with E-state index in [9.17, 15) is 4.79 Å². The number of methoxy groups -OCH3 is 1. The first-order chi connectivity index (χ1) is 16.5. The number of aromatic nitrogens is 2. The van der Waals surface area contributed by atoms with Gasteiger partial charge in [-0.3, -0.25) is 9.48 Å². The predicted octanol–water partition coefficient (Wildman–Crippen LogP) is 5.80. The van der Waals surface area contributed by atoms with Crippen LogP contribution in [0.15, 0.2) is 84.9 Å². The largest absolute Gasteiger partial charge is 0.496 e. The Morgan fingerprint density at radius 3 is 2.44 bits per heavy atom. The molecule has 4 rings (SSSR count). The summed E-state index contributed by atoms with van der Waals surface area (Å²) < 4.78 is 13.4. The molecule has 1 aromatic heterocycles. The lowest BCUT2D eigenvalue weighted by molar-refractivity contribution is 0.103. The van der Waals surface area contributed by atoms with Crippen molar-refractivity contribution in [2.45, 2.75) is 20.0 Å². The molecule has 0 amide bonds. The summed E-state index contributed by atoms with van der Waals surface area (Å²) in [6.07, 6.45) is 4.17. The van der Waals surface area contributed by atoms with Gasteiger partial charge >= 0.3 is 0 Å². The van der Waals surface area contributed by atoms with Gasteiger partial charge in [-0.1, -0.05) is 60.7 Å². The van der Waals surface area contributed by atoms with Gasteiger partial charge in [0.1, 0.15) is 23.8 Å². The Morgan fingerprint density at radius 1 is 0.941 bits per heavy atom. The molecule has 34 heavy (non-hydrogen) atoms. The van der Waals surface area contributed by atoms with Gasteiger partial charge < -0.3 is 9.47 Å². The first kappa shape index (κ1) is 23.1. The predicted molar refractivity (Wildman–Crippen MR) is 134 cm³/mol. The van der Waals surface area contributed by atoms with E-state index in [0.29, 0.717) is 12.3 Å². The van der Waals surface area contributed by atoms with E-state index in [4.69, 9.17) is 9.47 Å². The highest BCUT2D eigenvalue weighted by Crippen LogP contribution is 2.26. The molecule has 5 heteroatoms. The zero-order valence-corrected chi connectivity index (χ0v) is 19.7. The van der Waals surface area contributed by atoms with Gasteiger partial charge in [-0.2, -0.15) is 5.10 Å². The third-order valence-corrected chi connectivity index (χ3v) is 5.58. The van der Waals surface area contributed by atoms with Crippen molar-refractivity contribution in [3.63, 3.8) is 0 Å². The summed E-state index contributed by atoms with van der Waals surface area (Å²) in [7, 11) is 3.42. The minimum atomic E-state index is -0.0912. The molecule has 172 valence electrons. The second kappa shape index (κ2) is 10.7. The van der Waals surface area contributed by atoms with Crippen molar-refractivity contribution in [3.05, 3.63) is 119 Å². The summed E-state index contributed by atoms with van der Waals surface area (Å²) in [5.41, 5.74) is 5.53. The Bertz CT molecular complexity index is 1310.